The molecule has 18 heavy (non-hydrogen) atoms. The number of carbonyl (C=O) groups is 1. The molecule has 1 aromatic rings. The first-order valence-electron chi connectivity index (χ1n) is 6.79. The van der Waals surface area contributed by atoms with Crippen molar-refractivity contribution in [2.75, 3.05) is 6.61 Å². The van der Waals surface area contributed by atoms with Crippen LogP contribution in [0, 0.1) is 12.8 Å². The molecule has 0 amide bonds. The second-order valence-corrected chi connectivity index (χ2v) is 5.63. The minimum Gasteiger partial charge on any atom is -0.375 e. The Morgan fingerprint density at radius 2 is 2.33 bits per heavy atom. The summed E-state index contributed by atoms with van der Waals surface area (Å²) in [5.74, 6) is 0.421. The topological polar surface area (TPSA) is 39.2 Å². The molecule has 1 unspecified atom stereocenters. The number of Topliss-reactive ketones (excluding diaryl/α,β-unsaturated/α-hetero) is 1. The predicted molar refractivity (Wildman–Crippen MR) is 68.6 cm³/mol. The summed E-state index contributed by atoms with van der Waals surface area (Å²) in [6, 6.07) is 1.85. The van der Waals surface area contributed by atoms with E-state index < -0.39 is 0 Å². The van der Waals surface area contributed by atoms with Crippen LogP contribution >= 0.6 is 0 Å². The zero-order chi connectivity index (χ0) is 12.6. The van der Waals surface area contributed by atoms with Crippen molar-refractivity contribution in [3.8, 4) is 0 Å². The van der Waals surface area contributed by atoms with Gasteiger partial charge in [-0.15, -0.1) is 0 Å². The quantitative estimate of drug-likeness (QED) is 0.752. The van der Waals surface area contributed by atoms with Crippen molar-refractivity contribution >= 4 is 5.78 Å². The van der Waals surface area contributed by atoms with Crippen molar-refractivity contribution in [1.29, 1.82) is 0 Å². The maximum Gasteiger partial charge on any atom is 0.166 e. The number of carbonyl (C=O) groups excluding carboxylic acids is 1. The van der Waals surface area contributed by atoms with Gasteiger partial charge in [0.15, 0.2) is 5.78 Å². The van der Waals surface area contributed by atoms with Gasteiger partial charge in [0.25, 0.3) is 0 Å². The highest BCUT2D eigenvalue weighted by atomic mass is 16.5. The van der Waals surface area contributed by atoms with Crippen molar-refractivity contribution in [1.82, 2.24) is 4.98 Å². The van der Waals surface area contributed by atoms with E-state index in [1.165, 1.54) is 6.42 Å². The average molecular weight is 245 g/mol. The van der Waals surface area contributed by atoms with Crippen LogP contribution in [-0.2, 0) is 4.74 Å². The van der Waals surface area contributed by atoms with E-state index >= 15 is 0 Å². The Kier molecular flexibility index (Phi) is 2.94. The molecule has 0 aromatic carbocycles. The first-order chi connectivity index (χ1) is 8.70. The molecule has 0 bridgehead atoms. The fourth-order valence-electron chi connectivity index (χ4n) is 3.14. The van der Waals surface area contributed by atoms with Crippen molar-refractivity contribution in [3.63, 3.8) is 0 Å². The van der Waals surface area contributed by atoms with E-state index in [4.69, 9.17) is 4.74 Å². The summed E-state index contributed by atoms with van der Waals surface area (Å²) < 4.78 is 5.88. The number of ether oxygens (including phenoxy) is 1. The van der Waals surface area contributed by atoms with Gasteiger partial charge in [0.05, 0.1) is 5.60 Å². The maximum absolute atomic E-state index is 12.6. The van der Waals surface area contributed by atoms with Crippen molar-refractivity contribution in [3.05, 3.63) is 29.6 Å². The smallest absolute Gasteiger partial charge is 0.166 e. The third kappa shape index (κ3) is 1.97. The van der Waals surface area contributed by atoms with Crippen LogP contribution in [0.25, 0.3) is 0 Å². The Balaban J connectivity index is 1.78. The number of aromatic nitrogens is 1. The predicted octanol–water partition coefficient (Wildman–Crippen LogP) is 2.92. The van der Waals surface area contributed by atoms with Crippen LogP contribution in [0.3, 0.4) is 0 Å². The number of hydrogen-bond acceptors (Lipinski definition) is 3. The first kappa shape index (κ1) is 11.8. The van der Waals surface area contributed by atoms with Gasteiger partial charge in [-0.05, 0) is 50.7 Å². The van der Waals surface area contributed by atoms with Gasteiger partial charge in [0.2, 0.25) is 0 Å². The molecule has 1 saturated heterocycles. The van der Waals surface area contributed by atoms with Crippen LogP contribution in [0.1, 0.15) is 48.0 Å². The summed E-state index contributed by atoms with van der Waals surface area (Å²) >= 11 is 0. The highest BCUT2D eigenvalue weighted by Crippen LogP contribution is 2.44. The van der Waals surface area contributed by atoms with E-state index in [1.807, 2.05) is 13.0 Å². The first-order valence-corrected chi connectivity index (χ1v) is 6.79. The van der Waals surface area contributed by atoms with E-state index in [0.29, 0.717) is 0 Å². The van der Waals surface area contributed by atoms with Crippen LogP contribution in [0.15, 0.2) is 18.5 Å². The molecule has 3 heteroatoms. The lowest BCUT2D eigenvalue weighted by Crippen LogP contribution is -2.47. The molecular formula is C15H19NO2. The minimum absolute atomic E-state index is 0.0412. The van der Waals surface area contributed by atoms with E-state index in [0.717, 1.165) is 43.4 Å². The molecule has 1 atom stereocenters. The van der Waals surface area contributed by atoms with Gasteiger partial charge in [-0.1, -0.05) is 0 Å². The maximum atomic E-state index is 12.6. The third-order valence-electron chi connectivity index (χ3n) is 4.41. The Morgan fingerprint density at radius 3 is 3.00 bits per heavy atom. The molecule has 1 aliphatic carbocycles. The second-order valence-electron chi connectivity index (χ2n) is 5.63. The largest absolute Gasteiger partial charge is 0.375 e. The molecule has 3 rings (SSSR count). The number of ketones is 1. The summed E-state index contributed by atoms with van der Waals surface area (Å²) in [6.07, 6.45) is 8.76. The molecular weight excluding hydrogens is 226 g/mol. The van der Waals surface area contributed by atoms with Crippen molar-refractivity contribution in [2.24, 2.45) is 5.92 Å². The van der Waals surface area contributed by atoms with Crippen molar-refractivity contribution < 1.29 is 9.53 Å². The van der Waals surface area contributed by atoms with Gasteiger partial charge < -0.3 is 4.74 Å². The van der Waals surface area contributed by atoms with E-state index in [-0.39, 0.29) is 17.3 Å². The highest BCUT2D eigenvalue weighted by Gasteiger charge is 2.44. The molecule has 2 fully saturated rings. The molecule has 2 aliphatic rings. The van der Waals surface area contributed by atoms with Crippen LogP contribution < -0.4 is 0 Å². The van der Waals surface area contributed by atoms with Gasteiger partial charge in [0.1, 0.15) is 0 Å². The normalized spacial score (nSPS) is 25.7. The summed E-state index contributed by atoms with van der Waals surface area (Å²) in [5, 5.41) is 0. The molecule has 3 nitrogen and oxygen atoms in total. The Morgan fingerprint density at radius 1 is 1.50 bits per heavy atom. The summed E-state index contributed by atoms with van der Waals surface area (Å²) in [7, 11) is 0. The van der Waals surface area contributed by atoms with Gasteiger partial charge in [0, 0.05) is 30.5 Å². The summed E-state index contributed by atoms with van der Waals surface area (Å²) in [6.45, 7) is 2.69. The summed E-state index contributed by atoms with van der Waals surface area (Å²) in [4.78, 5) is 16.6. The fraction of sp³-hybridized carbons (Fsp3) is 0.600. The molecule has 0 radical (unpaired) electrons. The van der Waals surface area contributed by atoms with Crippen LogP contribution in [-0.4, -0.2) is 23.0 Å². The van der Waals surface area contributed by atoms with Gasteiger partial charge in [-0.3, -0.25) is 9.78 Å². The Labute approximate surface area is 108 Å². The number of rotatable bonds is 2. The van der Waals surface area contributed by atoms with E-state index in [2.05, 4.69) is 4.98 Å². The van der Waals surface area contributed by atoms with Gasteiger partial charge in [-0.2, -0.15) is 0 Å². The van der Waals surface area contributed by atoms with Gasteiger partial charge in [-0.25, -0.2) is 0 Å². The SMILES string of the molecule is Cc1cnccc1C(=O)C1CCOC2(CCC2)C1. The number of hydrogen-bond donors (Lipinski definition) is 0. The Hall–Kier alpha value is -1.22. The molecule has 1 aliphatic heterocycles. The Bertz CT molecular complexity index is 465. The van der Waals surface area contributed by atoms with E-state index in [1.54, 1.807) is 12.4 Å². The molecule has 2 heterocycles. The standard InChI is InChI=1S/C15H19NO2/c1-11-10-16-7-3-13(11)14(17)12-4-8-18-15(9-12)5-2-6-15/h3,7,10,12H,2,4-6,8-9H2,1H3. The molecule has 1 saturated carbocycles. The monoisotopic (exact) mass is 245 g/mol. The minimum atomic E-state index is 0.0412. The number of aryl methyl sites for hydroxylation is 1. The lowest BCUT2D eigenvalue weighted by atomic mass is 9.70. The van der Waals surface area contributed by atoms with Crippen LogP contribution in [0.2, 0.25) is 0 Å². The number of nitrogens with zero attached hydrogens (tertiary/aromatic N) is 1. The average Bonchev–Trinajstić information content (AvgIpc) is 2.37. The fourth-order valence-corrected chi connectivity index (χ4v) is 3.14. The second kappa shape index (κ2) is 4.47. The molecule has 1 aromatic heterocycles. The lowest BCUT2D eigenvalue weighted by molar-refractivity contribution is -0.137. The summed E-state index contributed by atoms with van der Waals surface area (Å²) in [5.41, 5.74) is 1.86. The third-order valence-corrected chi connectivity index (χ3v) is 4.41. The lowest BCUT2D eigenvalue weighted by Gasteiger charge is -2.46. The van der Waals surface area contributed by atoms with Crippen LogP contribution in [0.4, 0.5) is 0 Å². The van der Waals surface area contributed by atoms with Gasteiger partial charge >= 0.3 is 0 Å². The molecule has 96 valence electrons. The zero-order valence-electron chi connectivity index (χ0n) is 10.8. The number of pyridine rings is 1. The van der Waals surface area contributed by atoms with Crippen molar-refractivity contribution in [2.45, 2.75) is 44.6 Å². The molecule has 0 N–H and O–H groups in total. The van der Waals surface area contributed by atoms with E-state index in [9.17, 15) is 4.79 Å². The highest BCUT2D eigenvalue weighted by molar-refractivity contribution is 5.99. The molecule has 1 spiro atoms. The van der Waals surface area contributed by atoms with Crippen LogP contribution in [0.5, 0.6) is 0 Å². The zero-order valence-corrected chi connectivity index (χ0v) is 10.8.